The Balaban J connectivity index is 1.88. The Kier molecular flexibility index (Phi) is 2.44. The van der Waals surface area contributed by atoms with Crippen molar-refractivity contribution in [2.75, 3.05) is 20.1 Å². The molecule has 88 valence electrons. The van der Waals surface area contributed by atoms with Crippen LogP contribution in [0.1, 0.15) is 30.4 Å². The van der Waals surface area contributed by atoms with Gasteiger partial charge in [0.2, 0.25) is 0 Å². The lowest BCUT2D eigenvalue weighted by atomic mass is 10.1. The number of hydrogen-bond donors (Lipinski definition) is 1. The van der Waals surface area contributed by atoms with Gasteiger partial charge in [-0.2, -0.15) is 0 Å². The first kappa shape index (κ1) is 10.2. The molecule has 5 nitrogen and oxygen atoms in total. The van der Waals surface area contributed by atoms with Gasteiger partial charge in [-0.05, 0) is 26.4 Å². The molecule has 2 atom stereocenters. The summed E-state index contributed by atoms with van der Waals surface area (Å²) in [6, 6.07) is 0. The lowest BCUT2D eigenvalue weighted by molar-refractivity contribution is 0.128. The molecular weight excluding hydrogens is 204 g/mol. The highest BCUT2D eigenvalue weighted by molar-refractivity contribution is 5.07. The molecule has 0 spiro atoms. The van der Waals surface area contributed by atoms with E-state index in [1.807, 2.05) is 0 Å². The molecular formula is C11H18N4O. The van der Waals surface area contributed by atoms with Crippen molar-refractivity contribution in [1.29, 1.82) is 0 Å². The minimum atomic E-state index is -0.221. The maximum Gasteiger partial charge on any atom is 0.137 e. The van der Waals surface area contributed by atoms with Gasteiger partial charge in [-0.1, -0.05) is 0 Å². The third-order valence-electron chi connectivity index (χ3n) is 3.71. The molecule has 1 fully saturated rings. The van der Waals surface area contributed by atoms with Crippen molar-refractivity contribution in [3.63, 3.8) is 0 Å². The Morgan fingerprint density at radius 2 is 2.12 bits per heavy atom. The van der Waals surface area contributed by atoms with E-state index in [-0.39, 0.29) is 6.10 Å². The monoisotopic (exact) mass is 222 g/mol. The van der Waals surface area contributed by atoms with Crippen LogP contribution in [0.3, 0.4) is 0 Å². The average molecular weight is 222 g/mol. The van der Waals surface area contributed by atoms with Crippen LogP contribution in [0.15, 0.2) is 0 Å². The number of nitrogens with zero attached hydrogens (tertiary/aromatic N) is 4. The minimum absolute atomic E-state index is 0.221. The van der Waals surface area contributed by atoms with Gasteiger partial charge in [-0.15, -0.1) is 10.2 Å². The number of aryl methyl sites for hydroxylation is 1. The zero-order valence-electron chi connectivity index (χ0n) is 9.63. The summed E-state index contributed by atoms with van der Waals surface area (Å²) in [6.45, 7) is 2.88. The fraction of sp³-hybridized carbons (Fsp3) is 0.818. The normalized spacial score (nSPS) is 30.6. The van der Waals surface area contributed by atoms with Crippen molar-refractivity contribution in [3.8, 4) is 0 Å². The van der Waals surface area contributed by atoms with Gasteiger partial charge in [-0.25, -0.2) is 0 Å². The molecule has 1 saturated heterocycles. The molecule has 0 bridgehead atoms. The first-order valence-electron chi connectivity index (χ1n) is 6.02. The van der Waals surface area contributed by atoms with E-state index in [0.29, 0.717) is 12.5 Å². The zero-order chi connectivity index (χ0) is 11.1. The van der Waals surface area contributed by atoms with Crippen LogP contribution >= 0.6 is 0 Å². The molecule has 0 aliphatic carbocycles. The largest absolute Gasteiger partial charge is 0.391 e. The maximum atomic E-state index is 9.71. The second-order valence-electron chi connectivity index (χ2n) is 5.03. The Morgan fingerprint density at radius 3 is 2.88 bits per heavy atom. The van der Waals surface area contributed by atoms with E-state index >= 15 is 0 Å². The van der Waals surface area contributed by atoms with Gasteiger partial charge in [0.15, 0.2) is 0 Å². The van der Waals surface area contributed by atoms with Crippen molar-refractivity contribution in [2.45, 2.75) is 37.8 Å². The number of fused-ring (bicyclic) bond motifs is 1. The molecule has 1 aromatic heterocycles. The van der Waals surface area contributed by atoms with Crippen molar-refractivity contribution in [1.82, 2.24) is 19.7 Å². The smallest absolute Gasteiger partial charge is 0.137 e. The summed E-state index contributed by atoms with van der Waals surface area (Å²) < 4.78 is 2.14. The predicted octanol–water partition coefficient (Wildman–Crippen LogP) is 0.00430. The first-order chi connectivity index (χ1) is 7.74. The highest BCUT2D eigenvalue weighted by Gasteiger charge is 2.29. The molecule has 5 heteroatoms. The highest BCUT2D eigenvalue weighted by Crippen LogP contribution is 2.27. The fourth-order valence-electron chi connectivity index (χ4n) is 2.78. The average Bonchev–Trinajstić information content (AvgIpc) is 2.83. The Bertz CT molecular complexity index is 389. The van der Waals surface area contributed by atoms with Crippen LogP contribution < -0.4 is 0 Å². The SMILES string of the molecule is CN1CCC(c2nnc3n2CC(O)CC3)C1. The number of likely N-dealkylation sites (tertiary alicyclic amines) is 1. The summed E-state index contributed by atoms with van der Waals surface area (Å²) in [4.78, 5) is 2.32. The first-order valence-corrected chi connectivity index (χ1v) is 6.02. The van der Waals surface area contributed by atoms with E-state index in [2.05, 4.69) is 26.7 Å². The molecule has 2 aliphatic rings. The van der Waals surface area contributed by atoms with Gasteiger partial charge >= 0.3 is 0 Å². The van der Waals surface area contributed by atoms with Gasteiger partial charge in [-0.3, -0.25) is 0 Å². The second-order valence-corrected chi connectivity index (χ2v) is 5.03. The molecule has 0 amide bonds. The van der Waals surface area contributed by atoms with Gasteiger partial charge in [0.05, 0.1) is 12.6 Å². The molecule has 1 N–H and O–H groups in total. The predicted molar refractivity (Wildman–Crippen MR) is 59.2 cm³/mol. The zero-order valence-corrected chi connectivity index (χ0v) is 9.63. The van der Waals surface area contributed by atoms with E-state index in [0.717, 1.165) is 44.0 Å². The standard InChI is InChI=1S/C11H18N4O/c1-14-5-4-8(6-14)11-13-12-10-3-2-9(16)7-15(10)11/h8-9,16H,2-7H2,1H3. The van der Waals surface area contributed by atoms with Gasteiger partial charge in [0.1, 0.15) is 11.6 Å². The maximum absolute atomic E-state index is 9.71. The molecule has 2 unspecified atom stereocenters. The van der Waals surface area contributed by atoms with E-state index in [9.17, 15) is 5.11 Å². The Hall–Kier alpha value is -0.940. The molecule has 0 radical (unpaired) electrons. The summed E-state index contributed by atoms with van der Waals surface area (Å²) in [5, 5.41) is 18.3. The number of likely N-dealkylation sites (N-methyl/N-ethyl adjacent to an activating group) is 1. The van der Waals surface area contributed by atoms with Crippen LogP contribution in [-0.4, -0.2) is 51.0 Å². The molecule has 0 aromatic carbocycles. The van der Waals surface area contributed by atoms with Crippen LogP contribution in [0.4, 0.5) is 0 Å². The number of rotatable bonds is 1. The molecule has 1 aromatic rings. The van der Waals surface area contributed by atoms with E-state index in [1.54, 1.807) is 0 Å². The van der Waals surface area contributed by atoms with Crippen LogP contribution in [0.2, 0.25) is 0 Å². The third kappa shape index (κ3) is 1.64. The minimum Gasteiger partial charge on any atom is -0.391 e. The van der Waals surface area contributed by atoms with Gasteiger partial charge < -0.3 is 14.6 Å². The van der Waals surface area contributed by atoms with Crippen molar-refractivity contribution >= 4 is 0 Å². The summed E-state index contributed by atoms with van der Waals surface area (Å²) in [5.74, 6) is 2.63. The molecule has 16 heavy (non-hydrogen) atoms. The number of aliphatic hydroxyl groups excluding tert-OH is 1. The lowest BCUT2D eigenvalue weighted by Crippen LogP contribution is -2.26. The summed E-state index contributed by atoms with van der Waals surface area (Å²) >= 11 is 0. The number of aliphatic hydroxyl groups is 1. The van der Waals surface area contributed by atoms with Crippen LogP contribution in [0, 0.1) is 0 Å². The molecule has 3 rings (SSSR count). The number of hydrogen-bond acceptors (Lipinski definition) is 4. The highest BCUT2D eigenvalue weighted by atomic mass is 16.3. The topological polar surface area (TPSA) is 54.2 Å². The molecule has 2 aliphatic heterocycles. The van der Waals surface area contributed by atoms with Crippen molar-refractivity contribution in [3.05, 3.63) is 11.6 Å². The van der Waals surface area contributed by atoms with E-state index in [4.69, 9.17) is 0 Å². The Morgan fingerprint density at radius 1 is 1.25 bits per heavy atom. The lowest BCUT2D eigenvalue weighted by Gasteiger charge is -2.21. The van der Waals surface area contributed by atoms with Crippen molar-refractivity contribution in [2.24, 2.45) is 0 Å². The van der Waals surface area contributed by atoms with Crippen LogP contribution in [0.5, 0.6) is 0 Å². The fourth-order valence-corrected chi connectivity index (χ4v) is 2.78. The van der Waals surface area contributed by atoms with Crippen LogP contribution in [0.25, 0.3) is 0 Å². The second kappa shape index (κ2) is 3.82. The summed E-state index contributed by atoms with van der Waals surface area (Å²) in [5.41, 5.74) is 0. The summed E-state index contributed by atoms with van der Waals surface area (Å²) in [7, 11) is 2.14. The number of aromatic nitrogens is 3. The van der Waals surface area contributed by atoms with E-state index in [1.165, 1.54) is 0 Å². The Labute approximate surface area is 95.1 Å². The molecule has 0 saturated carbocycles. The molecule has 3 heterocycles. The van der Waals surface area contributed by atoms with Crippen molar-refractivity contribution < 1.29 is 5.11 Å². The van der Waals surface area contributed by atoms with Gasteiger partial charge in [0.25, 0.3) is 0 Å². The quantitative estimate of drug-likeness (QED) is 0.727. The third-order valence-corrected chi connectivity index (χ3v) is 3.71. The van der Waals surface area contributed by atoms with Crippen LogP contribution in [-0.2, 0) is 13.0 Å². The van der Waals surface area contributed by atoms with Gasteiger partial charge in [0, 0.05) is 18.9 Å². The summed E-state index contributed by atoms with van der Waals surface area (Å²) in [6.07, 6.45) is 2.62. The van der Waals surface area contributed by atoms with E-state index < -0.39 is 0 Å².